The molecule has 0 spiro atoms. The van der Waals surface area contributed by atoms with E-state index in [1.807, 2.05) is 73.7 Å². The molecule has 0 fully saturated rings. The average molecular weight is 1220 g/mol. The van der Waals surface area contributed by atoms with Crippen LogP contribution >= 0.6 is 0 Å². The Balaban J connectivity index is 0.000000185. The van der Waals surface area contributed by atoms with E-state index in [4.69, 9.17) is 15.3 Å². The summed E-state index contributed by atoms with van der Waals surface area (Å²) in [6.07, 6.45) is 4.53. The van der Waals surface area contributed by atoms with Crippen LogP contribution in [0.2, 0.25) is 0 Å². The highest BCUT2D eigenvalue weighted by Gasteiger charge is 2.19. The Bertz CT molecular complexity index is 4110. The number of anilines is 3. The van der Waals surface area contributed by atoms with E-state index < -0.39 is 58.7 Å². The van der Waals surface area contributed by atoms with Crippen LogP contribution in [0.1, 0.15) is 95.3 Å². The van der Waals surface area contributed by atoms with Gasteiger partial charge >= 0.3 is 17.9 Å². The highest BCUT2D eigenvalue weighted by atomic mass is 32.2. The van der Waals surface area contributed by atoms with E-state index in [1.165, 1.54) is 18.2 Å². The van der Waals surface area contributed by atoms with Crippen LogP contribution < -0.4 is 14.2 Å². The molecule has 9 aromatic carbocycles. The first kappa shape index (κ1) is 64.1. The van der Waals surface area contributed by atoms with Crippen LogP contribution in [0.3, 0.4) is 0 Å². The van der Waals surface area contributed by atoms with Crippen LogP contribution in [0.4, 0.5) is 21.5 Å². The molecule has 0 aliphatic heterocycles. The van der Waals surface area contributed by atoms with Crippen molar-refractivity contribution in [1.29, 1.82) is 0 Å². The van der Waals surface area contributed by atoms with Gasteiger partial charge in [0.2, 0.25) is 0 Å². The lowest BCUT2D eigenvalue weighted by atomic mass is 10.0. The summed E-state index contributed by atoms with van der Waals surface area (Å²) in [5, 5.41) is 26.8. The fourth-order valence-corrected chi connectivity index (χ4v) is 12.0. The van der Waals surface area contributed by atoms with Gasteiger partial charge in [0.25, 0.3) is 30.1 Å². The van der Waals surface area contributed by atoms with Crippen LogP contribution in [-0.2, 0) is 68.6 Å². The Morgan fingerprint density at radius 3 is 1.01 bits per heavy atom. The van der Waals surface area contributed by atoms with Crippen molar-refractivity contribution >= 4 is 65.0 Å². The van der Waals surface area contributed by atoms with Crippen molar-refractivity contribution in [3.05, 3.63) is 285 Å². The second-order valence-electron chi connectivity index (χ2n) is 20.4. The van der Waals surface area contributed by atoms with Gasteiger partial charge < -0.3 is 15.3 Å². The molecule has 6 N–H and O–H groups in total. The second-order valence-corrected chi connectivity index (χ2v) is 25.4. The number of rotatable bonds is 22. The van der Waals surface area contributed by atoms with E-state index in [2.05, 4.69) is 28.0 Å². The summed E-state index contributed by atoms with van der Waals surface area (Å²) in [4.78, 5) is 32.7. The second kappa shape index (κ2) is 29.4. The molecule has 0 bridgehead atoms. The molecule has 0 atom stereocenters. The van der Waals surface area contributed by atoms with Gasteiger partial charge in [-0.25, -0.2) is 44.0 Å². The van der Waals surface area contributed by atoms with Gasteiger partial charge in [-0.3, -0.25) is 14.2 Å². The third kappa shape index (κ3) is 19.0. The number of aromatic carboxylic acids is 3. The van der Waals surface area contributed by atoms with Gasteiger partial charge in [-0.1, -0.05) is 123 Å². The zero-order valence-electron chi connectivity index (χ0n) is 47.2. The highest BCUT2D eigenvalue weighted by Crippen LogP contribution is 2.24. The Morgan fingerprint density at radius 1 is 0.384 bits per heavy atom. The van der Waals surface area contributed by atoms with Crippen LogP contribution in [0.15, 0.2) is 233 Å². The van der Waals surface area contributed by atoms with Crippen molar-refractivity contribution in [2.75, 3.05) is 14.2 Å². The molecular formula is C67H64FN3O12S3. The summed E-state index contributed by atoms with van der Waals surface area (Å²) in [6.45, 7) is 5.98. The van der Waals surface area contributed by atoms with Crippen LogP contribution in [0, 0.1) is 12.7 Å². The van der Waals surface area contributed by atoms with E-state index >= 15 is 0 Å². The highest BCUT2D eigenvalue weighted by molar-refractivity contribution is 7.93. The number of hydrogen-bond acceptors (Lipinski definition) is 9. The molecule has 0 aliphatic carbocycles. The van der Waals surface area contributed by atoms with E-state index in [1.54, 1.807) is 127 Å². The molecule has 86 heavy (non-hydrogen) atoms. The molecule has 0 aromatic heterocycles. The Labute approximate surface area is 501 Å². The normalized spacial score (nSPS) is 11.3. The molecule has 0 heterocycles. The third-order valence-electron chi connectivity index (χ3n) is 13.6. The maximum atomic E-state index is 13.7. The van der Waals surface area contributed by atoms with Crippen molar-refractivity contribution < 1.29 is 59.3 Å². The topological polar surface area (TPSA) is 250 Å². The SMILES string of the molecule is CC(C)c1ccc(S(=O)(=O)Nc2ccc(CCc3ccc(C(=O)O)cc3)cc2)cc1.Cc1cccc(S(=O)(=O)Nc2ccc(CCc3ccc(C(=O)O)cc3)cc2)c1.O=C(O)c1ccc(CCc2ccc(NS(=O)(=O)c3ccccc3F)cc2)cc1. The first-order valence-corrected chi connectivity index (χ1v) is 31.6. The quantitative estimate of drug-likeness (QED) is 0.0371. The molecule has 0 amide bonds. The molecule has 9 aromatic rings. The van der Waals surface area contributed by atoms with Crippen molar-refractivity contribution in [2.24, 2.45) is 0 Å². The molecule has 0 unspecified atom stereocenters. The fraction of sp³-hybridized carbons (Fsp3) is 0.149. The van der Waals surface area contributed by atoms with Crippen molar-refractivity contribution in [3.8, 4) is 0 Å². The Morgan fingerprint density at radius 2 is 0.698 bits per heavy atom. The summed E-state index contributed by atoms with van der Waals surface area (Å²) in [7, 11) is -11.2. The van der Waals surface area contributed by atoms with Crippen LogP contribution in [-0.4, -0.2) is 58.5 Å². The standard InChI is InChI=1S/C24H25NO4S.C22H21NO4S.C21H18FNO4S/c1-17(2)20-11-15-23(16-12-20)30(28,29)25-22-13-7-19(8-14-22)4-3-18-5-9-21(10-6-18)24(26)27;1-16-3-2-4-21(15-16)28(26,27)23-20-13-9-18(10-14-20)6-5-17-7-11-19(12-8-17)22(24)25;22-19-3-1-2-4-20(19)28(26,27)23-18-13-9-16(10-14-18)6-5-15-7-11-17(12-8-15)21(24)25/h5-17,25H,3-4H2,1-2H3,(H,26,27);2-4,7-15,23H,5-6H2,1H3,(H,24,25);1-4,7-14,23H,5-6H2,(H,24,25). The van der Waals surface area contributed by atoms with Gasteiger partial charge in [0.1, 0.15) is 10.7 Å². The first-order chi connectivity index (χ1) is 40.9. The number of carboxylic acid groups (broad SMARTS) is 3. The summed E-state index contributed by atoms with van der Waals surface area (Å²) in [5.74, 6) is -3.29. The smallest absolute Gasteiger partial charge is 0.335 e. The molecule has 0 aliphatic rings. The average Bonchev–Trinajstić information content (AvgIpc) is 2.81. The summed E-state index contributed by atoms with van der Waals surface area (Å²) in [6, 6.07) is 60.7. The van der Waals surface area contributed by atoms with Gasteiger partial charge in [-0.2, -0.15) is 0 Å². The van der Waals surface area contributed by atoms with Crippen LogP contribution in [0.25, 0.3) is 0 Å². The molecule has 15 nitrogen and oxygen atoms in total. The number of sulfonamides is 3. The number of carbonyl (C=O) groups is 3. The first-order valence-electron chi connectivity index (χ1n) is 27.2. The minimum atomic E-state index is -4.00. The number of halogens is 1. The number of hydrogen-bond donors (Lipinski definition) is 6. The minimum Gasteiger partial charge on any atom is -0.478 e. The molecule has 0 radical (unpaired) electrons. The number of benzene rings is 9. The maximum Gasteiger partial charge on any atom is 0.335 e. The van der Waals surface area contributed by atoms with E-state index in [9.17, 15) is 44.0 Å². The monoisotopic (exact) mass is 1220 g/mol. The lowest BCUT2D eigenvalue weighted by molar-refractivity contribution is 0.0686. The van der Waals surface area contributed by atoms with Crippen molar-refractivity contribution in [1.82, 2.24) is 0 Å². The predicted molar refractivity (Wildman–Crippen MR) is 332 cm³/mol. The van der Waals surface area contributed by atoms with Crippen molar-refractivity contribution in [3.63, 3.8) is 0 Å². The summed E-state index contributed by atoms with van der Waals surface area (Å²) in [5.41, 5.74) is 10.4. The lowest BCUT2D eigenvalue weighted by Crippen LogP contribution is -2.14. The molecule has 0 saturated heterocycles. The van der Waals surface area contributed by atoms with Gasteiger partial charge in [0.15, 0.2) is 0 Å². The van der Waals surface area contributed by atoms with Gasteiger partial charge in [-0.15, -0.1) is 0 Å². The zero-order valence-corrected chi connectivity index (χ0v) is 49.7. The number of nitrogens with one attached hydrogen (secondary N) is 3. The summed E-state index contributed by atoms with van der Waals surface area (Å²) >= 11 is 0. The van der Waals surface area contributed by atoms with Gasteiger partial charge in [0.05, 0.1) is 26.5 Å². The fourth-order valence-electron chi connectivity index (χ4n) is 8.64. The third-order valence-corrected chi connectivity index (χ3v) is 17.8. The largest absolute Gasteiger partial charge is 0.478 e. The lowest BCUT2D eigenvalue weighted by Gasteiger charge is -2.11. The van der Waals surface area contributed by atoms with E-state index in [-0.39, 0.29) is 26.5 Å². The van der Waals surface area contributed by atoms with E-state index in [0.29, 0.717) is 29.4 Å². The predicted octanol–water partition coefficient (Wildman–Crippen LogP) is 13.5. The molecule has 0 saturated carbocycles. The van der Waals surface area contributed by atoms with E-state index in [0.717, 1.165) is 82.7 Å². The molecule has 9 rings (SSSR count). The minimum absolute atomic E-state index is 0.237. The zero-order chi connectivity index (χ0) is 62.0. The van der Waals surface area contributed by atoms with Gasteiger partial charge in [-0.05, 0) is 205 Å². The van der Waals surface area contributed by atoms with Crippen molar-refractivity contribution in [2.45, 2.75) is 79.9 Å². The Kier molecular flexibility index (Phi) is 21.9. The number of aryl methyl sites for hydroxylation is 7. The van der Waals surface area contributed by atoms with Gasteiger partial charge in [0, 0.05) is 17.1 Å². The maximum absolute atomic E-state index is 13.7. The molecular weight excluding hydrogens is 1150 g/mol. The molecule has 444 valence electrons. The molecule has 19 heteroatoms. The van der Waals surface area contributed by atoms with Crippen LogP contribution in [0.5, 0.6) is 0 Å². The Hall–Kier alpha value is -9.43. The number of carboxylic acids is 3. The summed E-state index contributed by atoms with van der Waals surface area (Å²) < 4.78 is 96.1.